The smallest absolute Gasteiger partial charge is 0.125 e. The van der Waals surface area contributed by atoms with Crippen molar-refractivity contribution in [3.8, 4) is 0 Å². The molecule has 0 aliphatic carbocycles. The second kappa shape index (κ2) is 4.77. The van der Waals surface area contributed by atoms with Crippen molar-refractivity contribution >= 4 is 17.3 Å². The van der Waals surface area contributed by atoms with Crippen molar-refractivity contribution in [2.24, 2.45) is 0 Å². The van der Waals surface area contributed by atoms with Crippen LogP contribution >= 0.6 is 11.6 Å². The highest BCUT2D eigenvalue weighted by molar-refractivity contribution is 6.31. The van der Waals surface area contributed by atoms with Gasteiger partial charge in [0.2, 0.25) is 0 Å². The molecule has 0 radical (unpaired) electrons. The summed E-state index contributed by atoms with van der Waals surface area (Å²) in [6.07, 6.45) is 1.43. The lowest BCUT2D eigenvalue weighted by molar-refractivity contribution is 0.129. The molecule has 0 amide bonds. The first-order valence-corrected chi connectivity index (χ1v) is 5.43. The van der Waals surface area contributed by atoms with Crippen molar-refractivity contribution in [2.75, 3.05) is 0 Å². The van der Waals surface area contributed by atoms with Crippen LogP contribution in [0.2, 0.25) is 5.02 Å². The van der Waals surface area contributed by atoms with E-state index in [9.17, 15) is 5.11 Å². The van der Waals surface area contributed by atoms with E-state index >= 15 is 0 Å². The van der Waals surface area contributed by atoms with Crippen LogP contribution in [-0.2, 0) is 5.60 Å². The number of hydrogen-bond donors (Lipinski definition) is 2. The molecule has 2 nitrogen and oxygen atoms in total. The number of halogens is 1. The molecule has 15 heavy (non-hydrogen) atoms. The molecule has 0 aromatic heterocycles. The standard InChI is InChI=1S/C12H16ClNO/c1-3-6-11(14)12(2,15)9-7-4-5-8-10(9)13/h4-5,7-8,14-15H,3,6H2,1-2H3. The van der Waals surface area contributed by atoms with Crippen LogP contribution in [-0.4, -0.2) is 10.8 Å². The molecule has 0 spiro atoms. The van der Waals surface area contributed by atoms with Gasteiger partial charge in [-0.3, -0.25) is 0 Å². The highest BCUT2D eigenvalue weighted by Gasteiger charge is 2.29. The fourth-order valence-electron chi connectivity index (χ4n) is 1.51. The summed E-state index contributed by atoms with van der Waals surface area (Å²) < 4.78 is 0. The lowest BCUT2D eigenvalue weighted by Crippen LogP contribution is -2.31. The Hall–Kier alpha value is -0.860. The van der Waals surface area contributed by atoms with Crippen LogP contribution in [0.15, 0.2) is 24.3 Å². The highest BCUT2D eigenvalue weighted by atomic mass is 35.5. The zero-order valence-electron chi connectivity index (χ0n) is 9.05. The van der Waals surface area contributed by atoms with Crippen LogP contribution in [0, 0.1) is 5.41 Å². The SMILES string of the molecule is CCCC(=N)C(C)(O)c1ccccc1Cl. The van der Waals surface area contributed by atoms with Gasteiger partial charge in [-0.1, -0.05) is 43.1 Å². The Morgan fingerprint density at radius 3 is 2.60 bits per heavy atom. The van der Waals surface area contributed by atoms with Gasteiger partial charge in [0, 0.05) is 16.3 Å². The van der Waals surface area contributed by atoms with Gasteiger partial charge in [-0.15, -0.1) is 0 Å². The summed E-state index contributed by atoms with van der Waals surface area (Å²) in [5.41, 5.74) is -0.350. The molecule has 0 bridgehead atoms. The molecule has 3 heteroatoms. The predicted octanol–water partition coefficient (Wildman–Crippen LogP) is 3.37. The van der Waals surface area contributed by atoms with E-state index in [-0.39, 0.29) is 0 Å². The van der Waals surface area contributed by atoms with Gasteiger partial charge >= 0.3 is 0 Å². The quantitative estimate of drug-likeness (QED) is 0.759. The average molecular weight is 226 g/mol. The maximum Gasteiger partial charge on any atom is 0.125 e. The van der Waals surface area contributed by atoms with E-state index < -0.39 is 5.60 Å². The fraction of sp³-hybridized carbons (Fsp3) is 0.417. The van der Waals surface area contributed by atoms with Crippen molar-refractivity contribution in [1.82, 2.24) is 0 Å². The molecular weight excluding hydrogens is 210 g/mol. The number of aliphatic hydroxyl groups is 1. The minimum absolute atomic E-state index is 0.304. The first-order valence-electron chi connectivity index (χ1n) is 5.05. The molecule has 0 heterocycles. The molecular formula is C12H16ClNO. The normalized spacial score (nSPS) is 14.7. The van der Waals surface area contributed by atoms with E-state index in [2.05, 4.69) is 0 Å². The van der Waals surface area contributed by atoms with E-state index in [0.29, 0.717) is 22.7 Å². The van der Waals surface area contributed by atoms with Gasteiger partial charge in [0.15, 0.2) is 0 Å². The summed E-state index contributed by atoms with van der Waals surface area (Å²) in [6.45, 7) is 3.60. The van der Waals surface area contributed by atoms with Crippen LogP contribution in [0.25, 0.3) is 0 Å². The van der Waals surface area contributed by atoms with Gasteiger partial charge in [-0.05, 0) is 19.4 Å². The molecule has 2 N–H and O–H groups in total. The summed E-state index contributed by atoms with van der Waals surface area (Å²) in [5, 5.41) is 18.6. The molecule has 1 atom stereocenters. The minimum atomic E-state index is -1.26. The average Bonchev–Trinajstić information content (AvgIpc) is 2.18. The predicted molar refractivity (Wildman–Crippen MR) is 63.7 cm³/mol. The van der Waals surface area contributed by atoms with Gasteiger partial charge in [0.1, 0.15) is 5.60 Å². The van der Waals surface area contributed by atoms with Crippen molar-refractivity contribution in [3.63, 3.8) is 0 Å². The molecule has 82 valence electrons. The van der Waals surface area contributed by atoms with Crippen LogP contribution in [0.5, 0.6) is 0 Å². The van der Waals surface area contributed by atoms with Crippen LogP contribution in [0.1, 0.15) is 32.3 Å². The van der Waals surface area contributed by atoms with Gasteiger partial charge in [-0.25, -0.2) is 0 Å². The number of nitrogens with one attached hydrogen (secondary N) is 1. The maximum absolute atomic E-state index is 10.3. The lowest BCUT2D eigenvalue weighted by Gasteiger charge is -2.25. The number of rotatable bonds is 4. The van der Waals surface area contributed by atoms with E-state index in [0.717, 1.165) is 6.42 Å². The van der Waals surface area contributed by atoms with Crippen molar-refractivity contribution < 1.29 is 5.11 Å². The van der Waals surface area contributed by atoms with Gasteiger partial charge in [0.05, 0.1) is 0 Å². The second-order valence-corrected chi connectivity index (χ2v) is 4.19. The Bertz CT molecular complexity index is 360. The molecule has 1 unspecified atom stereocenters. The summed E-state index contributed by atoms with van der Waals surface area (Å²) in [7, 11) is 0. The van der Waals surface area contributed by atoms with Gasteiger partial charge in [0.25, 0.3) is 0 Å². The monoisotopic (exact) mass is 225 g/mol. The third-order valence-corrected chi connectivity index (χ3v) is 2.82. The summed E-state index contributed by atoms with van der Waals surface area (Å²) in [5.74, 6) is 0. The van der Waals surface area contributed by atoms with Crippen molar-refractivity contribution in [1.29, 1.82) is 5.41 Å². The molecule has 0 saturated heterocycles. The Morgan fingerprint density at radius 1 is 1.47 bits per heavy atom. The minimum Gasteiger partial charge on any atom is -0.379 e. The van der Waals surface area contributed by atoms with Crippen LogP contribution in [0.4, 0.5) is 0 Å². The van der Waals surface area contributed by atoms with Gasteiger partial charge < -0.3 is 10.5 Å². The molecule has 0 aliphatic rings. The topological polar surface area (TPSA) is 44.1 Å². The van der Waals surface area contributed by atoms with Crippen LogP contribution in [0.3, 0.4) is 0 Å². The molecule has 0 fully saturated rings. The molecule has 0 aliphatic heterocycles. The van der Waals surface area contributed by atoms with Crippen LogP contribution < -0.4 is 0 Å². The number of benzene rings is 1. The summed E-state index contributed by atoms with van der Waals surface area (Å²) >= 11 is 6.00. The van der Waals surface area contributed by atoms with E-state index in [1.165, 1.54) is 0 Å². The Morgan fingerprint density at radius 2 is 2.07 bits per heavy atom. The Labute approximate surface area is 95.4 Å². The summed E-state index contributed by atoms with van der Waals surface area (Å²) in [4.78, 5) is 0. The first kappa shape index (κ1) is 12.2. The van der Waals surface area contributed by atoms with E-state index in [4.69, 9.17) is 17.0 Å². The molecule has 1 aromatic carbocycles. The first-order chi connectivity index (χ1) is 7.00. The van der Waals surface area contributed by atoms with Crippen molar-refractivity contribution in [2.45, 2.75) is 32.3 Å². The van der Waals surface area contributed by atoms with E-state index in [1.54, 1.807) is 19.1 Å². The highest BCUT2D eigenvalue weighted by Crippen LogP contribution is 2.29. The molecule has 1 rings (SSSR count). The zero-order chi connectivity index (χ0) is 11.5. The van der Waals surface area contributed by atoms with Gasteiger partial charge in [-0.2, -0.15) is 0 Å². The molecule has 1 aromatic rings. The fourth-order valence-corrected chi connectivity index (χ4v) is 1.83. The lowest BCUT2D eigenvalue weighted by atomic mass is 9.88. The van der Waals surface area contributed by atoms with Crippen molar-refractivity contribution in [3.05, 3.63) is 34.9 Å². The third kappa shape index (κ3) is 2.58. The molecule has 0 saturated carbocycles. The largest absolute Gasteiger partial charge is 0.379 e. The Balaban J connectivity index is 3.05. The maximum atomic E-state index is 10.3. The number of hydrogen-bond acceptors (Lipinski definition) is 2. The Kier molecular flexibility index (Phi) is 3.89. The second-order valence-electron chi connectivity index (χ2n) is 3.78. The summed E-state index contributed by atoms with van der Waals surface area (Å²) in [6, 6.07) is 7.11. The zero-order valence-corrected chi connectivity index (χ0v) is 9.80. The van der Waals surface area contributed by atoms with E-state index in [1.807, 2.05) is 19.1 Å². The third-order valence-electron chi connectivity index (χ3n) is 2.49.